The molecule has 7 heteroatoms. The second-order valence-electron chi connectivity index (χ2n) is 5.49. The summed E-state index contributed by atoms with van der Waals surface area (Å²) in [6.07, 6.45) is 1.42. The van der Waals surface area contributed by atoms with Gasteiger partial charge in [-0.25, -0.2) is 0 Å². The number of nitrogens with zero attached hydrogens (tertiary/aromatic N) is 2. The van der Waals surface area contributed by atoms with Gasteiger partial charge in [0, 0.05) is 36.3 Å². The van der Waals surface area contributed by atoms with Crippen LogP contribution in [0.15, 0.2) is 12.1 Å². The van der Waals surface area contributed by atoms with Gasteiger partial charge in [0.2, 0.25) is 0 Å². The van der Waals surface area contributed by atoms with Crippen molar-refractivity contribution in [1.82, 2.24) is 4.90 Å². The van der Waals surface area contributed by atoms with Crippen molar-refractivity contribution >= 4 is 5.69 Å². The number of likely N-dealkylation sites (tertiary alicyclic amines) is 1. The smallest absolute Gasteiger partial charge is 0.270 e. The molecular weight excluding hydrogens is 276 g/mol. The van der Waals surface area contributed by atoms with Crippen LogP contribution in [0.25, 0.3) is 0 Å². The van der Waals surface area contributed by atoms with Crippen LogP contribution in [0.3, 0.4) is 0 Å². The van der Waals surface area contributed by atoms with E-state index in [9.17, 15) is 15.2 Å². The summed E-state index contributed by atoms with van der Waals surface area (Å²) >= 11 is 0. The summed E-state index contributed by atoms with van der Waals surface area (Å²) < 4.78 is 10.7. The lowest BCUT2D eigenvalue weighted by Gasteiger charge is -2.31. The van der Waals surface area contributed by atoms with Crippen molar-refractivity contribution in [3.05, 3.63) is 33.4 Å². The van der Waals surface area contributed by atoms with Crippen LogP contribution in [-0.2, 0) is 17.9 Å². The molecule has 2 aliphatic rings. The van der Waals surface area contributed by atoms with Crippen LogP contribution in [0.4, 0.5) is 5.69 Å². The molecule has 0 radical (unpaired) electrons. The van der Waals surface area contributed by atoms with Gasteiger partial charge in [-0.05, 0) is 19.4 Å². The zero-order valence-corrected chi connectivity index (χ0v) is 11.7. The maximum Gasteiger partial charge on any atom is 0.270 e. The summed E-state index contributed by atoms with van der Waals surface area (Å²) in [4.78, 5) is 12.8. The van der Waals surface area contributed by atoms with Crippen molar-refractivity contribution < 1.29 is 19.5 Å². The molecule has 0 aliphatic carbocycles. The van der Waals surface area contributed by atoms with E-state index < -0.39 is 4.92 Å². The first-order valence-electron chi connectivity index (χ1n) is 7.04. The Morgan fingerprint density at radius 1 is 1.48 bits per heavy atom. The van der Waals surface area contributed by atoms with E-state index in [0.29, 0.717) is 31.0 Å². The molecule has 21 heavy (non-hydrogen) atoms. The molecule has 1 saturated heterocycles. The molecule has 114 valence electrons. The second kappa shape index (κ2) is 5.97. The third-order valence-corrected chi connectivity index (χ3v) is 3.86. The number of nitro groups is 1. The van der Waals surface area contributed by atoms with Crippen LogP contribution in [0.1, 0.15) is 24.0 Å². The zero-order chi connectivity index (χ0) is 14.8. The van der Waals surface area contributed by atoms with E-state index >= 15 is 0 Å². The molecule has 0 bridgehead atoms. The Morgan fingerprint density at radius 3 is 3.10 bits per heavy atom. The Hall–Kier alpha value is -1.70. The highest BCUT2D eigenvalue weighted by Crippen LogP contribution is 2.33. The van der Waals surface area contributed by atoms with Crippen molar-refractivity contribution in [3.8, 4) is 5.75 Å². The van der Waals surface area contributed by atoms with Gasteiger partial charge in [-0.3, -0.25) is 15.0 Å². The number of hydrogen-bond acceptors (Lipinski definition) is 6. The van der Waals surface area contributed by atoms with Crippen LogP contribution >= 0.6 is 0 Å². The summed E-state index contributed by atoms with van der Waals surface area (Å²) in [6.45, 7) is 2.51. The fraction of sp³-hybridized carbons (Fsp3) is 0.571. The molecule has 0 aromatic heterocycles. The number of ether oxygens (including phenoxy) is 2. The predicted octanol–water partition coefficient (Wildman–Crippen LogP) is 1.42. The van der Waals surface area contributed by atoms with E-state index in [1.807, 2.05) is 0 Å². The van der Waals surface area contributed by atoms with Crippen molar-refractivity contribution in [2.45, 2.75) is 32.1 Å². The predicted molar refractivity (Wildman–Crippen MR) is 73.9 cm³/mol. The number of aliphatic hydroxyl groups is 1. The molecule has 2 aliphatic heterocycles. The summed E-state index contributed by atoms with van der Waals surface area (Å²) in [5.41, 5.74) is 1.55. The van der Waals surface area contributed by atoms with Gasteiger partial charge in [-0.15, -0.1) is 0 Å². The fourth-order valence-electron chi connectivity index (χ4n) is 2.92. The first kappa shape index (κ1) is 14.2. The minimum atomic E-state index is -0.399. The van der Waals surface area contributed by atoms with Crippen molar-refractivity contribution in [2.24, 2.45) is 0 Å². The molecular formula is C14H18N2O5. The van der Waals surface area contributed by atoms with Gasteiger partial charge in [0.25, 0.3) is 5.69 Å². The number of β-amino-alcohol motifs (C(OH)–C–C–N with tert-alkyl or cyclic N) is 1. The number of nitro benzene ring substituents is 1. The van der Waals surface area contributed by atoms with Crippen molar-refractivity contribution in [2.75, 3.05) is 19.9 Å². The molecule has 2 heterocycles. The average molecular weight is 294 g/mol. The Bertz CT molecular complexity index is 548. The Balaban J connectivity index is 1.88. The second-order valence-corrected chi connectivity index (χ2v) is 5.49. The summed E-state index contributed by atoms with van der Waals surface area (Å²) in [6, 6.07) is 3.06. The van der Waals surface area contributed by atoms with E-state index in [1.54, 1.807) is 6.07 Å². The van der Waals surface area contributed by atoms with E-state index in [-0.39, 0.29) is 18.6 Å². The zero-order valence-electron chi connectivity index (χ0n) is 11.7. The minimum absolute atomic E-state index is 0.0513. The molecule has 0 spiro atoms. The number of benzene rings is 1. The molecule has 1 aromatic rings. The highest BCUT2D eigenvalue weighted by Gasteiger charge is 2.24. The van der Waals surface area contributed by atoms with Gasteiger partial charge in [-0.2, -0.15) is 0 Å². The van der Waals surface area contributed by atoms with Crippen LogP contribution in [0.5, 0.6) is 5.75 Å². The summed E-state index contributed by atoms with van der Waals surface area (Å²) in [5, 5.41) is 20.8. The molecule has 1 aromatic carbocycles. The molecule has 3 rings (SSSR count). The topological polar surface area (TPSA) is 85.1 Å². The maximum absolute atomic E-state index is 11.1. The quantitative estimate of drug-likeness (QED) is 0.670. The summed E-state index contributed by atoms with van der Waals surface area (Å²) in [7, 11) is 0. The number of rotatable bonds is 3. The largest absolute Gasteiger partial charge is 0.467 e. The van der Waals surface area contributed by atoms with Gasteiger partial charge in [0.15, 0.2) is 6.79 Å². The van der Waals surface area contributed by atoms with Gasteiger partial charge in [0.1, 0.15) is 5.75 Å². The lowest BCUT2D eigenvalue weighted by atomic mass is 10.0. The molecule has 1 atom stereocenters. The van der Waals surface area contributed by atoms with Gasteiger partial charge in [0.05, 0.1) is 17.6 Å². The highest BCUT2D eigenvalue weighted by atomic mass is 16.7. The fourth-order valence-corrected chi connectivity index (χ4v) is 2.92. The number of fused-ring (bicyclic) bond motifs is 1. The lowest BCUT2D eigenvalue weighted by molar-refractivity contribution is -0.385. The molecule has 1 fully saturated rings. The van der Waals surface area contributed by atoms with Gasteiger partial charge in [-0.1, -0.05) is 0 Å². The lowest BCUT2D eigenvalue weighted by Crippen LogP contribution is -2.37. The average Bonchev–Trinajstić information content (AvgIpc) is 2.47. The van der Waals surface area contributed by atoms with E-state index in [0.717, 1.165) is 24.9 Å². The molecule has 0 saturated carbocycles. The molecule has 7 nitrogen and oxygen atoms in total. The number of aliphatic hydroxyl groups excluding tert-OH is 1. The Morgan fingerprint density at radius 2 is 2.33 bits per heavy atom. The number of hydrogen-bond donors (Lipinski definition) is 1. The first-order valence-corrected chi connectivity index (χ1v) is 7.04. The molecule has 0 amide bonds. The van der Waals surface area contributed by atoms with E-state index in [1.165, 1.54) is 6.07 Å². The third-order valence-electron chi connectivity index (χ3n) is 3.86. The normalized spacial score (nSPS) is 22.4. The van der Waals surface area contributed by atoms with Crippen LogP contribution in [0, 0.1) is 10.1 Å². The standard InChI is InChI=1S/C14H18N2O5/c17-13-2-1-3-15(7-13)6-10-4-12(16(18)19)5-11-8-20-9-21-14(10)11/h4-5,13,17H,1-3,6-9H2/t13-/m1/s1. The van der Waals surface area contributed by atoms with Gasteiger partial charge >= 0.3 is 0 Å². The molecule has 0 unspecified atom stereocenters. The van der Waals surface area contributed by atoms with E-state index in [2.05, 4.69) is 4.90 Å². The van der Waals surface area contributed by atoms with Crippen molar-refractivity contribution in [1.29, 1.82) is 0 Å². The molecule has 1 N–H and O–H groups in total. The highest BCUT2D eigenvalue weighted by molar-refractivity contribution is 5.50. The summed E-state index contributed by atoms with van der Waals surface area (Å²) in [5.74, 6) is 0.687. The minimum Gasteiger partial charge on any atom is -0.467 e. The van der Waals surface area contributed by atoms with Crippen LogP contribution in [0.2, 0.25) is 0 Å². The first-order chi connectivity index (χ1) is 10.1. The van der Waals surface area contributed by atoms with E-state index in [4.69, 9.17) is 9.47 Å². The maximum atomic E-state index is 11.1. The Labute approximate surface area is 122 Å². The monoisotopic (exact) mass is 294 g/mol. The van der Waals surface area contributed by atoms with Crippen LogP contribution < -0.4 is 4.74 Å². The SMILES string of the molecule is O=[N+]([O-])c1cc2c(c(CN3CCC[C@@H](O)C3)c1)OCOC2. The number of non-ortho nitro benzene ring substituents is 1. The Kier molecular flexibility index (Phi) is 4.05. The third kappa shape index (κ3) is 3.15. The van der Waals surface area contributed by atoms with Crippen molar-refractivity contribution in [3.63, 3.8) is 0 Å². The van der Waals surface area contributed by atoms with Gasteiger partial charge < -0.3 is 14.6 Å². The van der Waals surface area contributed by atoms with Crippen LogP contribution in [-0.4, -0.2) is 40.9 Å². The number of piperidine rings is 1.